The van der Waals surface area contributed by atoms with E-state index >= 15 is 0 Å². The topological polar surface area (TPSA) is 34.1 Å². The first kappa shape index (κ1) is 16.9. The molecule has 114 valence electrons. The van der Waals surface area contributed by atoms with Crippen LogP contribution >= 0.6 is 0 Å². The van der Waals surface area contributed by atoms with Crippen molar-refractivity contribution in [2.45, 2.75) is 53.0 Å². The van der Waals surface area contributed by atoms with E-state index in [2.05, 4.69) is 24.1 Å². The molecule has 0 aliphatic rings. The average Bonchev–Trinajstić information content (AvgIpc) is 2.46. The standard InChI is InChI=1S/C16H27FN2O/c1-4-7-8-13(5-2)12-20-16-14(10-18-6-3)9-15(17)11-19-16/h9,11,13,18H,4-8,10,12H2,1-3H3. The number of pyridine rings is 1. The molecule has 0 saturated heterocycles. The van der Waals surface area contributed by atoms with Crippen LogP contribution in [0.3, 0.4) is 0 Å². The second kappa shape index (κ2) is 9.70. The van der Waals surface area contributed by atoms with Gasteiger partial charge in [-0.2, -0.15) is 0 Å². The predicted octanol–water partition coefficient (Wildman–Crippen LogP) is 3.93. The van der Waals surface area contributed by atoms with E-state index in [9.17, 15) is 4.39 Å². The number of ether oxygens (including phenoxy) is 1. The number of nitrogens with one attached hydrogen (secondary N) is 1. The van der Waals surface area contributed by atoms with Crippen molar-refractivity contribution in [1.82, 2.24) is 10.3 Å². The van der Waals surface area contributed by atoms with Crippen molar-refractivity contribution in [1.29, 1.82) is 0 Å². The van der Waals surface area contributed by atoms with Gasteiger partial charge >= 0.3 is 0 Å². The minimum Gasteiger partial charge on any atom is -0.477 e. The van der Waals surface area contributed by atoms with Gasteiger partial charge in [-0.1, -0.05) is 40.0 Å². The van der Waals surface area contributed by atoms with Gasteiger partial charge in [-0.15, -0.1) is 0 Å². The molecule has 1 rings (SSSR count). The van der Waals surface area contributed by atoms with Gasteiger partial charge in [0.05, 0.1) is 12.8 Å². The Bertz CT molecular complexity index is 385. The second-order valence-corrected chi connectivity index (χ2v) is 5.13. The van der Waals surface area contributed by atoms with Crippen LogP contribution in [0, 0.1) is 11.7 Å². The molecule has 0 aromatic carbocycles. The van der Waals surface area contributed by atoms with Crippen LogP contribution in [0.15, 0.2) is 12.3 Å². The number of hydrogen-bond acceptors (Lipinski definition) is 3. The highest BCUT2D eigenvalue weighted by atomic mass is 19.1. The molecule has 4 heteroatoms. The molecule has 1 aromatic heterocycles. The van der Waals surface area contributed by atoms with E-state index in [1.165, 1.54) is 31.5 Å². The monoisotopic (exact) mass is 282 g/mol. The van der Waals surface area contributed by atoms with E-state index in [4.69, 9.17) is 4.74 Å². The lowest BCUT2D eigenvalue weighted by Gasteiger charge is -2.17. The maximum atomic E-state index is 13.3. The number of rotatable bonds is 10. The Balaban J connectivity index is 2.60. The Morgan fingerprint density at radius 3 is 2.80 bits per heavy atom. The molecule has 1 heterocycles. The van der Waals surface area contributed by atoms with Crippen molar-refractivity contribution in [3.05, 3.63) is 23.6 Å². The van der Waals surface area contributed by atoms with Gasteiger partial charge in [0, 0.05) is 12.1 Å². The molecule has 20 heavy (non-hydrogen) atoms. The van der Waals surface area contributed by atoms with Crippen molar-refractivity contribution in [3.8, 4) is 5.88 Å². The summed E-state index contributed by atoms with van der Waals surface area (Å²) < 4.78 is 19.1. The fourth-order valence-corrected chi connectivity index (χ4v) is 2.08. The van der Waals surface area contributed by atoms with Gasteiger partial charge in [0.1, 0.15) is 5.82 Å². The molecule has 0 saturated carbocycles. The number of aromatic nitrogens is 1. The molecular formula is C16H27FN2O. The number of halogens is 1. The number of nitrogens with zero attached hydrogens (tertiary/aromatic N) is 1. The highest BCUT2D eigenvalue weighted by molar-refractivity contribution is 5.26. The van der Waals surface area contributed by atoms with E-state index in [1.54, 1.807) is 0 Å². The summed E-state index contributed by atoms with van der Waals surface area (Å²) in [5.74, 6) is 0.791. The van der Waals surface area contributed by atoms with Crippen LogP contribution in [-0.2, 0) is 6.54 Å². The third kappa shape index (κ3) is 5.87. The largest absolute Gasteiger partial charge is 0.477 e. The van der Waals surface area contributed by atoms with Gasteiger partial charge in [0.15, 0.2) is 0 Å². The van der Waals surface area contributed by atoms with E-state index in [1.807, 2.05) is 6.92 Å². The van der Waals surface area contributed by atoms with Crippen molar-refractivity contribution in [2.75, 3.05) is 13.2 Å². The Kier molecular flexibility index (Phi) is 8.19. The first-order valence-electron chi connectivity index (χ1n) is 7.69. The molecule has 0 amide bonds. The van der Waals surface area contributed by atoms with E-state index in [-0.39, 0.29) is 5.82 Å². The zero-order valence-electron chi connectivity index (χ0n) is 12.9. The summed E-state index contributed by atoms with van der Waals surface area (Å²) in [6, 6.07) is 1.50. The van der Waals surface area contributed by atoms with E-state index in [0.29, 0.717) is 24.9 Å². The minimum atomic E-state index is -0.316. The lowest BCUT2D eigenvalue weighted by molar-refractivity contribution is 0.223. The number of hydrogen-bond donors (Lipinski definition) is 1. The molecule has 0 aliphatic heterocycles. The van der Waals surface area contributed by atoms with Gasteiger partial charge in [-0.05, 0) is 24.9 Å². The Morgan fingerprint density at radius 2 is 2.15 bits per heavy atom. The van der Waals surface area contributed by atoms with Crippen LogP contribution in [0.1, 0.15) is 52.0 Å². The smallest absolute Gasteiger partial charge is 0.218 e. The number of unbranched alkanes of at least 4 members (excludes halogenated alkanes) is 1. The van der Waals surface area contributed by atoms with Crippen LogP contribution in [-0.4, -0.2) is 18.1 Å². The molecule has 3 nitrogen and oxygen atoms in total. The predicted molar refractivity (Wildman–Crippen MR) is 80.4 cm³/mol. The second-order valence-electron chi connectivity index (χ2n) is 5.13. The van der Waals surface area contributed by atoms with Crippen LogP contribution in [0.25, 0.3) is 0 Å². The van der Waals surface area contributed by atoms with Gasteiger partial charge in [0.2, 0.25) is 5.88 Å². The zero-order valence-corrected chi connectivity index (χ0v) is 12.9. The van der Waals surface area contributed by atoms with E-state index < -0.39 is 0 Å². The first-order valence-corrected chi connectivity index (χ1v) is 7.69. The Morgan fingerprint density at radius 1 is 1.35 bits per heavy atom. The van der Waals surface area contributed by atoms with Crippen molar-refractivity contribution in [2.24, 2.45) is 5.92 Å². The summed E-state index contributed by atoms with van der Waals surface area (Å²) in [6.45, 7) is 8.48. The lowest BCUT2D eigenvalue weighted by Crippen LogP contribution is -2.16. The summed E-state index contributed by atoms with van der Waals surface area (Å²) in [4.78, 5) is 4.08. The molecular weight excluding hydrogens is 255 g/mol. The fraction of sp³-hybridized carbons (Fsp3) is 0.688. The van der Waals surface area contributed by atoms with Crippen LogP contribution in [0.5, 0.6) is 5.88 Å². The molecule has 1 unspecified atom stereocenters. The summed E-state index contributed by atoms with van der Waals surface area (Å²) in [6.07, 6.45) is 5.93. The highest BCUT2D eigenvalue weighted by Crippen LogP contribution is 2.19. The van der Waals surface area contributed by atoms with Gasteiger partial charge in [0.25, 0.3) is 0 Å². The minimum absolute atomic E-state index is 0.316. The lowest BCUT2D eigenvalue weighted by atomic mass is 10.0. The third-order valence-corrected chi connectivity index (χ3v) is 3.46. The highest BCUT2D eigenvalue weighted by Gasteiger charge is 2.11. The maximum Gasteiger partial charge on any atom is 0.218 e. The maximum absolute atomic E-state index is 13.3. The van der Waals surface area contributed by atoms with E-state index in [0.717, 1.165) is 18.5 Å². The summed E-state index contributed by atoms with van der Waals surface area (Å²) in [7, 11) is 0. The van der Waals surface area contributed by atoms with Gasteiger partial charge < -0.3 is 10.1 Å². The quantitative estimate of drug-likeness (QED) is 0.706. The Labute approximate surface area is 121 Å². The van der Waals surface area contributed by atoms with Gasteiger partial charge in [-0.3, -0.25) is 0 Å². The van der Waals surface area contributed by atoms with Crippen molar-refractivity contribution >= 4 is 0 Å². The molecule has 0 radical (unpaired) electrons. The van der Waals surface area contributed by atoms with Crippen molar-refractivity contribution in [3.63, 3.8) is 0 Å². The molecule has 0 fully saturated rings. The summed E-state index contributed by atoms with van der Waals surface area (Å²) in [5.41, 5.74) is 0.789. The first-order chi connectivity index (χ1) is 9.71. The molecule has 0 aliphatic carbocycles. The summed E-state index contributed by atoms with van der Waals surface area (Å²) >= 11 is 0. The van der Waals surface area contributed by atoms with Crippen LogP contribution in [0.2, 0.25) is 0 Å². The zero-order chi connectivity index (χ0) is 14.8. The average molecular weight is 282 g/mol. The molecule has 0 bridgehead atoms. The third-order valence-electron chi connectivity index (χ3n) is 3.46. The Hall–Kier alpha value is -1.16. The summed E-state index contributed by atoms with van der Waals surface area (Å²) in [5, 5.41) is 3.18. The molecule has 1 N–H and O–H groups in total. The molecule has 0 spiro atoms. The molecule has 1 atom stereocenters. The van der Waals surface area contributed by atoms with Crippen LogP contribution < -0.4 is 10.1 Å². The SMILES string of the molecule is CCCCC(CC)COc1ncc(F)cc1CNCC. The normalized spacial score (nSPS) is 12.4. The fourth-order valence-electron chi connectivity index (χ4n) is 2.08. The van der Waals surface area contributed by atoms with Crippen LogP contribution in [0.4, 0.5) is 4.39 Å². The van der Waals surface area contributed by atoms with Gasteiger partial charge in [-0.25, -0.2) is 9.37 Å². The molecule has 1 aromatic rings. The van der Waals surface area contributed by atoms with Crippen molar-refractivity contribution < 1.29 is 9.13 Å².